The van der Waals surface area contributed by atoms with Crippen molar-refractivity contribution in [1.29, 1.82) is 0 Å². The van der Waals surface area contributed by atoms with E-state index in [-0.39, 0.29) is 5.60 Å². The van der Waals surface area contributed by atoms with Crippen LogP contribution in [0.5, 0.6) is 0 Å². The fraction of sp³-hybridized carbons (Fsp3) is 0.778. The molecule has 0 aliphatic rings. The van der Waals surface area contributed by atoms with E-state index in [1.165, 1.54) is 0 Å². The number of ether oxygens (including phenoxy) is 2. The van der Waals surface area contributed by atoms with Gasteiger partial charge < -0.3 is 9.47 Å². The van der Waals surface area contributed by atoms with Crippen LogP contribution in [0.25, 0.3) is 0 Å². The molecule has 0 saturated carbocycles. The largest absolute Gasteiger partial charge is 0.501 e. The van der Waals surface area contributed by atoms with Crippen LogP contribution in [0, 0.1) is 0 Å². The van der Waals surface area contributed by atoms with Gasteiger partial charge in [0.05, 0.1) is 18.5 Å². The molecule has 0 aliphatic heterocycles. The Morgan fingerprint density at radius 1 is 1.36 bits per heavy atom. The molecule has 0 heterocycles. The second-order valence-corrected chi connectivity index (χ2v) is 2.98. The van der Waals surface area contributed by atoms with Crippen LogP contribution in [0.1, 0.15) is 27.2 Å². The highest BCUT2D eigenvalue weighted by molar-refractivity contribution is 5.02. The molecule has 11 heavy (non-hydrogen) atoms. The molecule has 0 radical (unpaired) electrons. The molecule has 0 N–H and O–H groups in total. The van der Waals surface area contributed by atoms with Crippen LogP contribution in [0.2, 0.25) is 0 Å². The first-order valence-corrected chi connectivity index (χ1v) is 3.86. The minimum atomic E-state index is -0.221. The maximum atomic E-state index is 5.22. The molecule has 2 heteroatoms. The summed E-state index contributed by atoms with van der Waals surface area (Å²) in [6.07, 6.45) is 2.90. The smallest absolute Gasteiger partial charge is 0.0941 e. The van der Waals surface area contributed by atoms with Crippen molar-refractivity contribution in [3.63, 3.8) is 0 Å². The number of rotatable bonds is 4. The molecule has 2 nitrogen and oxygen atoms in total. The van der Waals surface area contributed by atoms with Gasteiger partial charge in [-0.25, -0.2) is 0 Å². The van der Waals surface area contributed by atoms with Gasteiger partial charge in [-0.3, -0.25) is 0 Å². The highest BCUT2D eigenvalue weighted by atomic mass is 16.5. The second-order valence-electron chi connectivity index (χ2n) is 2.98. The molecule has 0 aromatic carbocycles. The van der Waals surface area contributed by atoms with Crippen molar-refractivity contribution >= 4 is 0 Å². The molecule has 0 bridgehead atoms. The summed E-state index contributed by atoms with van der Waals surface area (Å²) in [6, 6.07) is 0. The molecule has 0 aromatic heterocycles. The van der Waals surface area contributed by atoms with Gasteiger partial charge in [-0.2, -0.15) is 0 Å². The maximum Gasteiger partial charge on any atom is 0.0941 e. The number of hydrogen-bond acceptors (Lipinski definition) is 2. The Hall–Kier alpha value is -0.500. The Bertz CT molecular complexity index is 130. The highest BCUT2D eigenvalue weighted by Crippen LogP contribution is 2.14. The van der Waals surface area contributed by atoms with E-state index in [1.54, 1.807) is 14.2 Å². The van der Waals surface area contributed by atoms with Crippen molar-refractivity contribution in [2.24, 2.45) is 0 Å². The summed E-state index contributed by atoms with van der Waals surface area (Å²) in [4.78, 5) is 0. The van der Waals surface area contributed by atoms with E-state index in [0.717, 1.165) is 12.2 Å². The van der Waals surface area contributed by atoms with Gasteiger partial charge in [-0.15, -0.1) is 0 Å². The molecular formula is C9H18O2. The zero-order chi connectivity index (χ0) is 8.91. The van der Waals surface area contributed by atoms with Crippen molar-refractivity contribution in [2.45, 2.75) is 32.8 Å². The first-order chi connectivity index (χ1) is 5.05. The van der Waals surface area contributed by atoms with Gasteiger partial charge in [0.2, 0.25) is 0 Å². The summed E-state index contributed by atoms with van der Waals surface area (Å²) in [6.45, 7) is 6.06. The summed E-state index contributed by atoms with van der Waals surface area (Å²) < 4.78 is 10.3. The molecule has 0 amide bonds. The van der Waals surface area contributed by atoms with Crippen LogP contribution >= 0.6 is 0 Å². The van der Waals surface area contributed by atoms with Gasteiger partial charge in [0, 0.05) is 13.5 Å². The molecule has 0 atom stereocenters. The van der Waals surface area contributed by atoms with E-state index in [9.17, 15) is 0 Å². The Balaban J connectivity index is 4.24. The second kappa shape index (κ2) is 4.39. The fourth-order valence-corrected chi connectivity index (χ4v) is 0.752. The van der Waals surface area contributed by atoms with Gasteiger partial charge in [-0.05, 0) is 19.9 Å². The average molecular weight is 158 g/mol. The van der Waals surface area contributed by atoms with Crippen molar-refractivity contribution in [3.8, 4) is 0 Å². The van der Waals surface area contributed by atoms with Gasteiger partial charge in [0.1, 0.15) is 0 Å². The summed E-state index contributed by atoms with van der Waals surface area (Å²) >= 11 is 0. The predicted octanol–water partition coefficient (Wildman–Crippen LogP) is 2.35. The van der Waals surface area contributed by atoms with E-state index in [1.807, 2.05) is 19.9 Å². The number of hydrogen-bond donors (Lipinski definition) is 0. The minimum Gasteiger partial charge on any atom is -0.501 e. The van der Waals surface area contributed by atoms with Gasteiger partial charge in [-0.1, -0.05) is 6.92 Å². The summed E-state index contributed by atoms with van der Waals surface area (Å²) in [7, 11) is 3.38. The van der Waals surface area contributed by atoms with E-state index in [2.05, 4.69) is 6.92 Å². The molecule has 0 rings (SSSR count). The molecule has 0 spiro atoms. The summed E-state index contributed by atoms with van der Waals surface area (Å²) in [5.41, 5.74) is -0.221. The van der Waals surface area contributed by atoms with Crippen LogP contribution in [-0.2, 0) is 9.47 Å². The maximum absolute atomic E-state index is 5.22. The lowest BCUT2D eigenvalue weighted by Crippen LogP contribution is -2.19. The standard InChI is InChI=1S/C9H18O2/c1-6-8(10-4)7-9(2,3)11-5/h7H,6H2,1-5H3/b8-7-. The quantitative estimate of drug-likeness (QED) is 0.585. The lowest BCUT2D eigenvalue weighted by atomic mass is 10.1. The number of allylic oxidation sites excluding steroid dienone is 1. The van der Waals surface area contributed by atoms with Gasteiger partial charge in [0.25, 0.3) is 0 Å². The predicted molar refractivity (Wildman–Crippen MR) is 46.5 cm³/mol. The van der Waals surface area contributed by atoms with E-state index in [0.29, 0.717) is 0 Å². The monoisotopic (exact) mass is 158 g/mol. The molecule has 0 aromatic rings. The van der Waals surface area contributed by atoms with Crippen LogP contribution in [-0.4, -0.2) is 19.8 Å². The molecule has 0 unspecified atom stereocenters. The van der Waals surface area contributed by atoms with Crippen LogP contribution in [0.4, 0.5) is 0 Å². The molecule has 0 fully saturated rings. The van der Waals surface area contributed by atoms with Crippen molar-refractivity contribution in [3.05, 3.63) is 11.8 Å². The van der Waals surface area contributed by atoms with Gasteiger partial charge >= 0.3 is 0 Å². The topological polar surface area (TPSA) is 18.5 Å². The Labute approximate surface area is 69.2 Å². The first-order valence-electron chi connectivity index (χ1n) is 3.86. The van der Waals surface area contributed by atoms with Crippen molar-refractivity contribution < 1.29 is 9.47 Å². The summed E-state index contributed by atoms with van der Waals surface area (Å²) in [5, 5.41) is 0. The third kappa shape index (κ3) is 4.04. The third-order valence-electron chi connectivity index (χ3n) is 1.65. The normalized spacial score (nSPS) is 13.4. The van der Waals surface area contributed by atoms with Crippen molar-refractivity contribution in [1.82, 2.24) is 0 Å². The van der Waals surface area contributed by atoms with Crippen LogP contribution in [0.3, 0.4) is 0 Å². The lowest BCUT2D eigenvalue weighted by molar-refractivity contribution is 0.0611. The van der Waals surface area contributed by atoms with E-state index >= 15 is 0 Å². The molecular weight excluding hydrogens is 140 g/mol. The molecule has 0 aliphatic carbocycles. The minimum absolute atomic E-state index is 0.221. The van der Waals surface area contributed by atoms with E-state index in [4.69, 9.17) is 9.47 Å². The first kappa shape index (κ1) is 10.5. The third-order valence-corrected chi connectivity index (χ3v) is 1.65. The van der Waals surface area contributed by atoms with Crippen molar-refractivity contribution in [2.75, 3.05) is 14.2 Å². The zero-order valence-electron chi connectivity index (χ0n) is 8.10. The van der Waals surface area contributed by atoms with Crippen LogP contribution in [0.15, 0.2) is 11.8 Å². The fourth-order valence-electron chi connectivity index (χ4n) is 0.752. The Morgan fingerprint density at radius 2 is 1.91 bits per heavy atom. The molecule has 66 valence electrons. The lowest BCUT2D eigenvalue weighted by Gasteiger charge is -2.19. The Morgan fingerprint density at radius 3 is 2.18 bits per heavy atom. The van der Waals surface area contributed by atoms with Crippen LogP contribution < -0.4 is 0 Å². The van der Waals surface area contributed by atoms with Gasteiger partial charge in [0.15, 0.2) is 0 Å². The average Bonchev–Trinajstić information content (AvgIpc) is 2.00. The summed E-state index contributed by atoms with van der Waals surface area (Å²) in [5.74, 6) is 0.969. The zero-order valence-corrected chi connectivity index (χ0v) is 8.10. The molecule has 0 saturated heterocycles. The highest BCUT2D eigenvalue weighted by Gasteiger charge is 2.13. The van der Waals surface area contributed by atoms with E-state index < -0.39 is 0 Å². The Kier molecular flexibility index (Phi) is 4.19. The number of methoxy groups -OCH3 is 2. The SMILES string of the molecule is CC/C(=C/C(C)(C)OC)OC.